The van der Waals surface area contributed by atoms with E-state index >= 15 is 0 Å². The Bertz CT molecular complexity index is 1260. The van der Waals surface area contributed by atoms with Crippen molar-refractivity contribution in [3.05, 3.63) is 36.0 Å². The molecule has 5 amide bonds. The molecule has 0 bridgehead atoms. The van der Waals surface area contributed by atoms with Gasteiger partial charge in [-0.1, -0.05) is 32.0 Å². The van der Waals surface area contributed by atoms with Crippen molar-refractivity contribution in [3.63, 3.8) is 0 Å². The van der Waals surface area contributed by atoms with Crippen LogP contribution < -0.4 is 33.2 Å². The van der Waals surface area contributed by atoms with Crippen molar-refractivity contribution in [3.8, 4) is 0 Å². The van der Waals surface area contributed by atoms with E-state index in [1.54, 1.807) is 13.8 Å². The molecule has 13 heteroatoms. The highest BCUT2D eigenvalue weighted by Gasteiger charge is 2.38. The fourth-order valence-corrected chi connectivity index (χ4v) is 5.24. The summed E-state index contributed by atoms with van der Waals surface area (Å²) in [5.41, 5.74) is 19.0. The molecule has 230 valence electrons. The number of nitrogens with two attached hydrogens (primary N) is 3. The number of amides is 5. The molecule has 3 rings (SSSR count). The van der Waals surface area contributed by atoms with Gasteiger partial charge in [0, 0.05) is 23.6 Å². The van der Waals surface area contributed by atoms with Crippen molar-refractivity contribution >= 4 is 40.4 Å². The lowest BCUT2D eigenvalue weighted by atomic mass is 10.0. The molecule has 13 nitrogen and oxygen atoms in total. The van der Waals surface area contributed by atoms with Crippen molar-refractivity contribution in [2.24, 2.45) is 23.1 Å². The summed E-state index contributed by atoms with van der Waals surface area (Å²) < 4.78 is 0. The maximum Gasteiger partial charge on any atom is 0.245 e. The molecule has 0 saturated carbocycles. The molecule has 0 radical (unpaired) electrons. The van der Waals surface area contributed by atoms with Gasteiger partial charge in [0.15, 0.2) is 0 Å². The molecule has 0 spiro atoms. The predicted molar refractivity (Wildman–Crippen MR) is 159 cm³/mol. The summed E-state index contributed by atoms with van der Waals surface area (Å²) in [5, 5.41) is 8.91. The lowest BCUT2D eigenvalue weighted by Crippen LogP contribution is -2.57. The van der Waals surface area contributed by atoms with E-state index in [-0.39, 0.29) is 18.9 Å². The first kappa shape index (κ1) is 32.5. The molecular weight excluding hydrogens is 540 g/mol. The van der Waals surface area contributed by atoms with E-state index in [4.69, 9.17) is 17.2 Å². The van der Waals surface area contributed by atoms with E-state index in [1.165, 1.54) is 4.90 Å². The van der Waals surface area contributed by atoms with Crippen LogP contribution in [0.4, 0.5) is 0 Å². The molecule has 2 heterocycles. The summed E-state index contributed by atoms with van der Waals surface area (Å²) in [7, 11) is 0. The minimum atomic E-state index is -0.911. The van der Waals surface area contributed by atoms with Gasteiger partial charge in [-0.25, -0.2) is 0 Å². The Labute approximate surface area is 245 Å². The number of hydrogen-bond acceptors (Lipinski definition) is 7. The predicted octanol–water partition coefficient (Wildman–Crippen LogP) is -0.615. The average molecular weight is 585 g/mol. The van der Waals surface area contributed by atoms with Crippen LogP contribution in [0.1, 0.15) is 51.5 Å². The Morgan fingerprint density at radius 3 is 2.52 bits per heavy atom. The van der Waals surface area contributed by atoms with Gasteiger partial charge in [0.1, 0.15) is 18.1 Å². The molecule has 0 aliphatic carbocycles. The first-order valence-corrected chi connectivity index (χ1v) is 14.5. The zero-order chi connectivity index (χ0) is 30.8. The number of nitrogens with one attached hydrogen (secondary N) is 4. The van der Waals surface area contributed by atoms with E-state index in [9.17, 15) is 24.0 Å². The minimum Gasteiger partial charge on any atom is -0.368 e. The van der Waals surface area contributed by atoms with Gasteiger partial charge in [0.25, 0.3) is 0 Å². The second-order valence-corrected chi connectivity index (χ2v) is 11.1. The number of benzene rings is 1. The third kappa shape index (κ3) is 8.52. The molecule has 1 aromatic carbocycles. The summed E-state index contributed by atoms with van der Waals surface area (Å²) in [6.07, 6.45) is 4.66. The monoisotopic (exact) mass is 584 g/mol. The molecule has 2 aromatic rings. The Kier molecular flexibility index (Phi) is 11.9. The molecule has 1 saturated heterocycles. The number of fused-ring (bicyclic) bond motifs is 1. The first-order chi connectivity index (χ1) is 20.0. The van der Waals surface area contributed by atoms with E-state index in [0.717, 1.165) is 16.5 Å². The van der Waals surface area contributed by atoms with Crippen LogP contribution in [0.2, 0.25) is 0 Å². The minimum absolute atomic E-state index is 0.217. The molecule has 4 atom stereocenters. The molecular formula is C29H44N8O5. The number of H-pyrrole nitrogens is 1. The Hall–Kier alpha value is -3.97. The lowest BCUT2D eigenvalue weighted by Gasteiger charge is -2.30. The molecule has 1 aliphatic heterocycles. The number of carbonyl (C=O) groups is 5. The lowest BCUT2D eigenvalue weighted by molar-refractivity contribution is -0.142. The van der Waals surface area contributed by atoms with Gasteiger partial charge in [0.05, 0.1) is 12.6 Å². The van der Waals surface area contributed by atoms with E-state index in [2.05, 4.69) is 20.9 Å². The fraction of sp³-hybridized carbons (Fsp3) is 0.552. The Morgan fingerprint density at radius 2 is 1.83 bits per heavy atom. The number of aromatic amines is 1. The molecule has 42 heavy (non-hydrogen) atoms. The maximum atomic E-state index is 13.6. The number of para-hydroxylation sites is 1. The summed E-state index contributed by atoms with van der Waals surface area (Å²) in [6, 6.07) is 4.25. The second-order valence-electron chi connectivity index (χ2n) is 11.1. The third-order valence-corrected chi connectivity index (χ3v) is 7.56. The van der Waals surface area contributed by atoms with Crippen molar-refractivity contribution in [1.29, 1.82) is 0 Å². The van der Waals surface area contributed by atoms with Crippen molar-refractivity contribution in [2.45, 2.75) is 76.5 Å². The number of aromatic nitrogens is 1. The molecule has 1 aliphatic rings. The van der Waals surface area contributed by atoms with Crippen molar-refractivity contribution in [2.75, 3.05) is 19.6 Å². The Morgan fingerprint density at radius 1 is 1.10 bits per heavy atom. The molecule has 1 fully saturated rings. The SMILES string of the molecule is CC(C)[C@H](NC(=O)[C@@H]1CCCN1C(=O)[C@H](CCCCN)NC(=O)CNC(=O)[C@@H](N)Cc1c[nH]c2ccccc12)C(N)=O. The number of nitrogens with zero attached hydrogens (tertiary/aromatic N) is 1. The van der Waals surface area contributed by atoms with Gasteiger partial charge < -0.3 is 43.0 Å². The third-order valence-electron chi connectivity index (χ3n) is 7.56. The van der Waals surface area contributed by atoms with Crippen LogP contribution >= 0.6 is 0 Å². The van der Waals surface area contributed by atoms with Crippen molar-refractivity contribution < 1.29 is 24.0 Å². The summed E-state index contributed by atoms with van der Waals surface area (Å²) >= 11 is 0. The zero-order valence-corrected chi connectivity index (χ0v) is 24.4. The van der Waals surface area contributed by atoms with E-state index in [1.807, 2.05) is 30.5 Å². The number of carbonyl (C=O) groups excluding carboxylic acids is 5. The van der Waals surface area contributed by atoms with Gasteiger partial charge in [-0.05, 0) is 62.6 Å². The number of primary amides is 1. The number of rotatable bonds is 15. The van der Waals surface area contributed by atoms with Crippen molar-refractivity contribution in [1.82, 2.24) is 25.8 Å². The maximum absolute atomic E-state index is 13.6. The largest absolute Gasteiger partial charge is 0.368 e. The Balaban J connectivity index is 1.59. The number of likely N-dealkylation sites (tertiary alicyclic amines) is 1. The van der Waals surface area contributed by atoms with Crippen LogP contribution in [0.5, 0.6) is 0 Å². The number of hydrogen-bond donors (Lipinski definition) is 7. The summed E-state index contributed by atoms with van der Waals surface area (Å²) in [6.45, 7) is 3.94. The summed E-state index contributed by atoms with van der Waals surface area (Å²) in [5.74, 6) is -2.77. The number of unbranched alkanes of at least 4 members (excludes halogenated alkanes) is 1. The van der Waals surface area contributed by atoms with Gasteiger partial charge in [-0.3, -0.25) is 24.0 Å². The van der Waals surface area contributed by atoms with Gasteiger partial charge >= 0.3 is 0 Å². The fourth-order valence-electron chi connectivity index (χ4n) is 5.24. The topological polar surface area (TPSA) is 219 Å². The normalized spacial score (nSPS) is 17.1. The molecule has 0 unspecified atom stereocenters. The summed E-state index contributed by atoms with van der Waals surface area (Å²) in [4.78, 5) is 68.5. The standard InChI is InChI=1S/C29H44N8O5/c1-17(2)25(26(32)39)36-28(41)23-11-7-13-37(23)29(42)22(10-5-6-12-30)35-24(38)16-34-27(40)20(31)14-18-15-33-21-9-4-3-8-19(18)21/h3-4,8-9,15,17,20,22-23,25,33H,5-7,10-14,16,30-31H2,1-2H3,(H2,32,39)(H,34,40)(H,35,38)(H,36,41)/t20-,22-,23-,25-/m0/s1. The van der Waals surface area contributed by atoms with Crippen LogP contribution in [0.25, 0.3) is 10.9 Å². The highest BCUT2D eigenvalue weighted by molar-refractivity contribution is 5.95. The highest BCUT2D eigenvalue weighted by Crippen LogP contribution is 2.21. The smallest absolute Gasteiger partial charge is 0.245 e. The van der Waals surface area contributed by atoms with Crippen LogP contribution in [-0.4, -0.2) is 83.2 Å². The average Bonchev–Trinajstić information content (AvgIpc) is 3.61. The van der Waals surface area contributed by atoms with Crippen LogP contribution in [0.15, 0.2) is 30.5 Å². The van der Waals surface area contributed by atoms with Crippen LogP contribution in [0, 0.1) is 5.92 Å². The van der Waals surface area contributed by atoms with Gasteiger partial charge in [0.2, 0.25) is 29.5 Å². The quantitative estimate of drug-likeness (QED) is 0.134. The van der Waals surface area contributed by atoms with Crippen LogP contribution in [0.3, 0.4) is 0 Å². The van der Waals surface area contributed by atoms with E-state index < -0.39 is 53.7 Å². The molecule has 10 N–H and O–H groups in total. The van der Waals surface area contributed by atoms with Crippen LogP contribution in [-0.2, 0) is 30.4 Å². The van der Waals surface area contributed by atoms with E-state index in [0.29, 0.717) is 45.2 Å². The zero-order valence-electron chi connectivity index (χ0n) is 24.4. The van der Waals surface area contributed by atoms with Gasteiger partial charge in [-0.15, -0.1) is 0 Å². The second kappa shape index (κ2) is 15.3. The van der Waals surface area contributed by atoms with Gasteiger partial charge in [-0.2, -0.15) is 0 Å². The molecule has 1 aromatic heterocycles. The highest BCUT2D eigenvalue weighted by atomic mass is 16.2. The first-order valence-electron chi connectivity index (χ1n) is 14.5.